The first kappa shape index (κ1) is 29.8. The van der Waals surface area contributed by atoms with Crippen LogP contribution in [0.5, 0.6) is 28.7 Å². The van der Waals surface area contributed by atoms with E-state index in [9.17, 15) is 9.90 Å². The Kier molecular flexibility index (Phi) is 10.1. The highest BCUT2D eigenvalue weighted by Gasteiger charge is 2.25. The van der Waals surface area contributed by atoms with Gasteiger partial charge in [0, 0.05) is 6.07 Å². The van der Waals surface area contributed by atoms with Gasteiger partial charge in [-0.2, -0.15) is 0 Å². The minimum Gasteiger partial charge on any atom is -0.508 e. The van der Waals surface area contributed by atoms with Crippen molar-refractivity contribution in [3.63, 3.8) is 0 Å². The van der Waals surface area contributed by atoms with E-state index in [0.717, 1.165) is 28.0 Å². The first-order chi connectivity index (χ1) is 21.0. The minimum atomic E-state index is -0.230. The summed E-state index contributed by atoms with van der Waals surface area (Å²) < 4.78 is 18.5. The number of phenols is 1. The van der Waals surface area contributed by atoms with Crippen molar-refractivity contribution in [1.29, 1.82) is 0 Å². The minimum absolute atomic E-state index is 0.166. The zero-order valence-corrected chi connectivity index (χ0v) is 24.5. The lowest BCUT2D eigenvalue weighted by molar-refractivity contribution is 0.0981. The van der Waals surface area contributed by atoms with Crippen LogP contribution < -0.4 is 30.6 Å². The molecule has 4 aromatic carbocycles. The van der Waals surface area contributed by atoms with Gasteiger partial charge in [0.1, 0.15) is 28.7 Å². The molecule has 5 N–H and O–H groups in total. The summed E-state index contributed by atoms with van der Waals surface area (Å²) in [5.74, 6) is 2.40. The molecule has 0 aliphatic carbocycles. The van der Waals surface area contributed by atoms with Crippen LogP contribution in [0.1, 0.15) is 28.8 Å². The van der Waals surface area contributed by atoms with Crippen molar-refractivity contribution in [2.24, 2.45) is 11.5 Å². The molecule has 0 saturated heterocycles. The van der Waals surface area contributed by atoms with Crippen LogP contribution in [0, 0.1) is 0 Å². The highest BCUT2D eigenvalue weighted by molar-refractivity contribution is 7.22. The van der Waals surface area contributed by atoms with Crippen molar-refractivity contribution in [2.45, 2.75) is 19.4 Å². The molecule has 9 nitrogen and oxygen atoms in total. The maximum Gasteiger partial charge on any atom is 0.264 e. The Morgan fingerprint density at radius 1 is 0.814 bits per heavy atom. The van der Waals surface area contributed by atoms with Crippen LogP contribution in [-0.2, 0) is 6.54 Å². The van der Waals surface area contributed by atoms with Crippen LogP contribution in [0.15, 0.2) is 91.0 Å². The average molecular weight is 599 g/mol. The molecule has 43 heavy (non-hydrogen) atoms. The number of anilines is 1. The van der Waals surface area contributed by atoms with E-state index >= 15 is 0 Å². The number of amides is 1. The molecule has 1 heterocycles. The smallest absolute Gasteiger partial charge is 0.264 e. The molecule has 1 aromatic heterocycles. The summed E-state index contributed by atoms with van der Waals surface area (Å²) in [7, 11) is 0. The van der Waals surface area contributed by atoms with E-state index < -0.39 is 0 Å². The van der Waals surface area contributed by atoms with Crippen LogP contribution in [0.25, 0.3) is 10.2 Å². The topological polar surface area (TPSA) is 133 Å². The monoisotopic (exact) mass is 598 g/mol. The molecule has 0 saturated carbocycles. The third-order valence-electron chi connectivity index (χ3n) is 6.50. The number of nitrogens with zero attached hydrogens (tertiary/aromatic N) is 2. The molecule has 5 rings (SSSR count). The van der Waals surface area contributed by atoms with Gasteiger partial charge in [-0.1, -0.05) is 35.6 Å². The lowest BCUT2D eigenvalue weighted by atomic mass is 10.1. The average Bonchev–Trinajstić information content (AvgIpc) is 3.45. The number of benzene rings is 4. The Hall–Kier alpha value is -4.64. The van der Waals surface area contributed by atoms with Crippen LogP contribution in [0.3, 0.4) is 0 Å². The molecule has 0 fully saturated rings. The van der Waals surface area contributed by atoms with Gasteiger partial charge in [-0.15, -0.1) is 0 Å². The quantitative estimate of drug-likeness (QED) is 0.131. The number of phenolic OH excluding ortho intramolecular Hbond substituents is 1. The Morgan fingerprint density at radius 3 is 2.23 bits per heavy atom. The number of thiazole rings is 1. The zero-order valence-electron chi connectivity index (χ0n) is 23.6. The second-order valence-electron chi connectivity index (χ2n) is 9.73. The highest BCUT2D eigenvalue weighted by Crippen LogP contribution is 2.35. The van der Waals surface area contributed by atoms with Crippen molar-refractivity contribution < 1.29 is 24.1 Å². The molecule has 222 valence electrons. The first-order valence-electron chi connectivity index (χ1n) is 14.1. The molecule has 0 aliphatic heterocycles. The van der Waals surface area contributed by atoms with Gasteiger partial charge in [0.05, 0.1) is 35.5 Å². The number of aromatic hydroxyl groups is 1. The van der Waals surface area contributed by atoms with Crippen LogP contribution in [0.4, 0.5) is 5.13 Å². The Labute approximate surface area is 254 Å². The Balaban J connectivity index is 1.45. The lowest BCUT2D eigenvalue weighted by Crippen LogP contribution is -2.30. The number of carbonyl (C=O) groups excluding carboxylic acids is 1. The number of para-hydroxylation sites is 1. The van der Waals surface area contributed by atoms with Crippen LogP contribution in [0.2, 0.25) is 0 Å². The summed E-state index contributed by atoms with van der Waals surface area (Å²) in [4.78, 5) is 20.7. The largest absolute Gasteiger partial charge is 0.508 e. The van der Waals surface area contributed by atoms with Gasteiger partial charge in [0.15, 0.2) is 5.13 Å². The van der Waals surface area contributed by atoms with Gasteiger partial charge in [-0.25, -0.2) is 4.98 Å². The number of fused-ring (bicyclic) bond motifs is 1. The summed E-state index contributed by atoms with van der Waals surface area (Å²) in [6, 6.07) is 27.0. The van der Waals surface area contributed by atoms with Crippen molar-refractivity contribution in [2.75, 3.05) is 31.2 Å². The molecule has 0 radical (unpaired) electrons. The molecular weight excluding hydrogens is 564 g/mol. The van der Waals surface area contributed by atoms with E-state index in [0.29, 0.717) is 60.7 Å². The fraction of sp³-hybridized carbons (Fsp3) is 0.212. The summed E-state index contributed by atoms with van der Waals surface area (Å²) in [5, 5.41) is 10.1. The van der Waals surface area contributed by atoms with Crippen molar-refractivity contribution in [3.05, 3.63) is 102 Å². The summed E-state index contributed by atoms with van der Waals surface area (Å²) in [6.45, 7) is 2.32. The number of rotatable bonds is 14. The van der Waals surface area contributed by atoms with Crippen LogP contribution >= 0.6 is 11.3 Å². The molecule has 1 amide bonds. The van der Waals surface area contributed by atoms with E-state index in [4.69, 9.17) is 30.7 Å². The maximum absolute atomic E-state index is 14.2. The normalized spacial score (nSPS) is 10.9. The number of hydrogen-bond donors (Lipinski definition) is 3. The predicted molar refractivity (Wildman–Crippen MR) is 170 cm³/mol. The third kappa shape index (κ3) is 7.81. The van der Waals surface area contributed by atoms with Gasteiger partial charge < -0.3 is 30.8 Å². The number of nitrogens with two attached hydrogens (primary N) is 2. The van der Waals surface area contributed by atoms with Gasteiger partial charge in [0.2, 0.25) is 0 Å². The second-order valence-corrected chi connectivity index (χ2v) is 10.7. The fourth-order valence-corrected chi connectivity index (χ4v) is 5.27. The summed E-state index contributed by atoms with van der Waals surface area (Å²) in [6.07, 6.45) is 1.45. The first-order valence-corrected chi connectivity index (χ1v) is 14.9. The summed E-state index contributed by atoms with van der Waals surface area (Å²) >= 11 is 1.40. The SMILES string of the molecule is NCCCOc1ccc(CN(C(=O)c2ccccc2OCCCN)c2nc3ccc(Oc4ccc(O)cc4)cc3s2)cc1. The lowest BCUT2D eigenvalue weighted by Gasteiger charge is -2.22. The number of aromatic nitrogens is 1. The van der Waals surface area contributed by atoms with E-state index in [1.807, 2.05) is 54.6 Å². The van der Waals surface area contributed by atoms with Crippen molar-refractivity contribution >= 4 is 32.6 Å². The van der Waals surface area contributed by atoms with E-state index in [-0.39, 0.29) is 18.2 Å². The molecule has 0 atom stereocenters. The third-order valence-corrected chi connectivity index (χ3v) is 7.54. The predicted octanol–water partition coefficient (Wildman–Crippen LogP) is 6.10. The van der Waals surface area contributed by atoms with Gasteiger partial charge in [0.25, 0.3) is 5.91 Å². The number of hydrogen-bond acceptors (Lipinski definition) is 9. The molecule has 0 spiro atoms. The van der Waals surface area contributed by atoms with Gasteiger partial charge in [-0.3, -0.25) is 9.69 Å². The highest BCUT2D eigenvalue weighted by atomic mass is 32.1. The Morgan fingerprint density at radius 2 is 1.49 bits per heavy atom. The standard InChI is InChI=1S/C33H34N4O5S/c34-17-3-19-40-25-11-7-23(8-12-25)22-37(32(39)28-5-1-2-6-30(28)41-20-4-18-35)33-36-29-16-15-27(21-31(29)43-33)42-26-13-9-24(38)10-14-26/h1-2,5-16,21,38H,3-4,17-20,22,34-35H2. The van der Waals surface area contributed by atoms with E-state index in [1.54, 1.807) is 41.3 Å². The van der Waals surface area contributed by atoms with Crippen molar-refractivity contribution in [3.8, 4) is 28.7 Å². The summed E-state index contributed by atoms with van der Waals surface area (Å²) in [5.41, 5.74) is 13.3. The van der Waals surface area contributed by atoms with E-state index in [1.165, 1.54) is 11.3 Å². The second kappa shape index (κ2) is 14.5. The van der Waals surface area contributed by atoms with E-state index in [2.05, 4.69) is 0 Å². The molecule has 5 aromatic rings. The van der Waals surface area contributed by atoms with Crippen LogP contribution in [-0.4, -0.2) is 42.3 Å². The molecular formula is C33H34N4O5S. The fourth-order valence-electron chi connectivity index (χ4n) is 4.28. The van der Waals surface area contributed by atoms with Gasteiger partial charge in [-0.05, 0) is 92.2 Å². The molecule has 0 bridgehead atoms. The molecule has 0 unspecified atom stereocenters. The number of ether oxygens (including phenoxy) is 3. The van der Waals surface area contributed by atoms with Crippen molar-refractivity contribution in [1.82, 2.24) is 4.98 Å². The number of carbonyl (C=O) groups is 1. The zero-order chi connectivity index (χ0) is 30.0. The molecule has 0 aliphatic rings. The maximum atomic E-state index is 14.2. The molecule has 10 heteroatoms. The Bertz CT molecular complexity index is 1640. The van der Waals surface area contributed by atoms with Gasteiger partial charge >= 0.3 is 0 Å².